The molecule has 6 heteroatoms. The molecule has 0 aliphatic carbocycles. The molecule has 2 N–H and O–H groups in total. The first kappa shape index (κ1) is 16.5. The van der Waals surface area contributed by atoms with Crippen LogP contribution in [0.3, 0.4) is 0 Å². The zero-order chi connectivity index (χ0) is 16.6. The van der Waals surface area contributed by atoms with Gasteiger partial charge >= 0.3 is 6.03 Å². The number of nitrogens with zero attached hydrogens (tertiary/aromatic N) is 1. The average molecular weight is 329 g/mol. The van der Waals surface area contributed by atoms with Crippen LogP contribution < -0.4 is 10.6 Å². The maximum atomic E-state index is 12.3. The molecule has 0 saturated carbocycles. The van der Waals surface area contributed by atoms with E-state index in [1.54, 1.807) is 12.3 Å². The minimum Gasteiger partial charge on any atom is -0.467 e. The normalized spacial score (nSPS) is 16.5. The van der Waals surface area contributed by atoms with Crippen LogP contribution in [0.15, 0.2) is 53.1 Å². The Morgan fingerprint density at radius 2 is 1.92 bits per heavy atom. The van der Waals surface area contributed by atoms with Crippen LogP contribution in [0, 0.1) is 0 Å². The molecule has 6 nitrogen and oxygen atoms in total. The van der Waals surface area contributed by atoms with E-state index in [0.717, 1.165) is 44.2 Å². The maximum absolute atomic E-state index is 12.3. The second kappa shape index (κ2) is 8.52. The maximum Gasteiger partial charge on any atom is 0.315 e. The SMILES string of the molecule is O=C(NCc1ccco1)NC(CN1CCOCC1)c1ccccc1. The Morgan fingerprint density at radius 1 is 1.12 bits per heavy atom. The molecule has 1 aromatic carbocycles. The summed E-state index contributed by atoms with van der Waals surface area (Å²) in [5, 5.41) is 5.90. The number of hydrogen-bond donors (Lipinski definition) is 2. The molecule has 1 aliphatic heterocycles. The molecule has 3 rings (SSSR count). The zero-order valence-electron chi connectivity index (χ0n) is 13.6. The van der Waals surface area contributed by atoms with Crippen molar-refractivity contribution in [1.82, 2.24) is 15.5 Å². The molecule has 1 aromatic heterocycles. The molecule has 1 aliphatic rings. The number of benzene rings is 1. The number of ether oxygens (including phenoxy) is 1. The predicted molar refractivity (Wildman–Crippen MR) is 90.5 cm³/mol. The van der Waals surface area contributed by atoms with Crippen molar-refractivity contribution in [2.24, 2.45) is 0 Å². The molecule has 1 saturated heterocycles. The number of hydrogen-bond acceptors (Lipinski definition) is 4. The van der Waals surface area contributed by atoms with Gasteiger partial charge < -0.3 is 19.8 Å². The molecule has 128 valence electrons. The number of furan rings is 1. The number of carbonyl (C=O) groups excluding carboxylic acids is 1. The first-order valence-electron chi connectivity index (χ1n) is 8.23. The van der Waals surface area contributed by atoms with E-state index >= 15 is 0 Å². The number of nitrogens with one attached hydrogen (secondary N) is 2. The van der Waals surface area contributed by atoms with Crippen molar-refractivity contribution < 1.29 is 13.9 Å². The highest BCUT2D eigenvalue weighted by atomic mass is 16.5. The minimum atomic E-state index is -0.200. The highest BCUT2D eigenvalue weighted by molar-refractivity contribution is 5.74. The van der Waals surface area contributed by atoms with Gasteiger partial charge in [-0.1, -0.05) is 30.3 Å². The topological polar surface area (TPSA) is 66.7 Å². The van der Waals surface area contributed by atoms with Crippen LogP contribution in [-0.2, 0) is 11.3 Å². The van der Waals surface area contributed by atoms with Gasteiger partial charge in [0.05, 0.1) is 32.1 Å². The lowest BCUT2D eigenvalue weighted by Crippen LogP contribution is -2.45. The second-order valence-corrected chi connectivity index (χ2v) is 5.78. The molecule has 2 amide bonds. The summed E-state index contributed by atoms with van der Waals surface area (Å²) in [5.74, 6) is 0.731. The third kappa shape index (κ3) is 4.84. The summed E-state index contributed by atoms with van der Waals surface area (Å²) >= 11 is 0. The van der Waals surface area contributed by atoms with E-state index in [9.17, 15) is 4.79 Å². The van der Waals surface area contributed by atoms with Crippen molar-refractivity contribution in [3.63, 3.8) is 0 Å². The van der Waals surface area contributed by atoms with E-state index in [4.69, 9.17) is 9.15 Å². The number of morpholine rings is 1. The van der Waals surface area contributed by atoms with Gasteiger partial charge in [-0.25, -0.2) is 4.79 Å². The Kier molecular flexibility index (Phi) is 5.87. The monoisotopic (exact) mass is 329 g/mol. The molecule has 2 heterocycles. The van der Waals surface area contributed by atoms with E-state index < -0.39 is 0 Å². The van der Waals surface area contributed by atoms with Crippen LogP contribution in [0.1, 0.15) is 17.4 Å². The Morgan fingerprint density at radius 3 is 2.62 bits per heavy atom. The highest BCUT2D eigenvalue weighted by Gasteiger charge is 2.20. The van der Waals surface area contributed by atoms with E-state index in [-0.39, 0.29) is 12.1 Å². The molecule has 1 atom stereocenters. The number of rotatable bonds is 6. The largest absolute Gasteiger partial charge is 0.467 e. The lowest BCUT2D eigenvalue weighted by Gasteiger charge is -2.31. The quantitative estimate of drug-likeness (QED) is 0.852. The number of amides is 2. The molecule has 0 bridgehead atoms. The summed E-state index contributed by atoms with van der Waals surface area (Å²) in [6.07, 6.45) is 1.60. The number of urea groups is 1. The van der Waals surface area contributed by atoms with E-state index in [1.807, 2.05) is 36.4 Å². The van der Waals surface area contributed by atoms with Gasteiger partial charge in [0.15, 0.2) is 0 Å². The van der Waals surface area contributed by atoms with Crippen LogP contribution >= 0.6 is 0 Å². The summed E-state index contributed by atoms with van der Waals surface area (Å²) in [4.78, 5) is 14.6. The van der Waals surface area contributed by atoms with Crippen LogP contribution in [0.2, 0.25) is 0 Å². The lowest BCUT2D eigenvalue weighted by molar-refractivity contribution is 0.0339. The fourth-order valence-electron chi connectivity index (χ4n) is 2.75. The van der Waals surface area contributed by atoms with Crippen LogP contribution in [0.4, 0.5) is 4.79 Å². The molecule has 0 spiro atoms. The Balaban J connectivity index is 1.59. The standard InChI is InChI=1S/C18H23N3O3/c22-18(19-13-16-7-4-10-24-16)20-17(15-5-2-1-3-6-15)14-21-8-11-23-12-9-21/h1-7,10,17H,8-9,11-14H2,(H2,19,20,22). The van der Waals surface area contributed by atoms with E-state index in [0.29, 0.717) is 6.54 Å². The van der Waals surface area contributed by atoms with Crippen LogP contribution in [0.5, 0.6) is 0 Å². The zero-order valence-corrected chi connectivity index (χ0v) is 13.6. The molecular weight excluding hydrogens is 306 g/mol. The molecule has 1 unspecified atom stereocenters. The minimum absolute atomic E-state index is 0.0686. The number of carbonyl (C=O) groups is 1. The van der Waals surface area contributed by atoms with Crippen molar-refractivity contribution in [3.8, 4) is 0 Å². The predicted octanol–water partition coefficient (Wildman–Crippen LogP) is 2.15. The summed E-state index contributed by atoms with van der Waals surface area (Å²) in [6.45, 7) is 4.40. The summed E-state index contributed by atoms with van der Waals surface area (Å²) in [6, 6.07) is 13.4. The summed E-state index contributed by atoms with van der Waals surface area (Å²) in [5.41, 5.74) is 1.09. The first-order valence-corrected chi connectivity index (χ1v) is 8.23. The molecule has 0 radical (unpaired) electrons. The van der Waals surface area contributed by atoms with Gasteiger partial charge in [-0.15, -0.1) is 0 Å². The second-order valence-electron chi connectivity index (χ2n) is 5.78. The van der Waals surface area contributed by atoms with Crippen molar-refractivity contribution in [2.75, 3.05) is 32.8 Å². The molecule has 24 heavy (non-hydrogen) atoms. The third-order valence-corrected chi connectivity index (χ3v) is 4.06. The summed E-state index contributed by atoms with van der Waals surface area (Å²) in [7, 11) is 0. The smallest absolute Gasteiger partial charge is 0.315 e. The van der Waals surface area contributed by atoms with Gasteiger partial charge in [-0.3, -0.25) is 4.90 Å². The van der Waals surface area contributed by atoms with Gasteiger partial charge in [-0.2, -0.15) is 0 Å². The Bertz CT molecular complexity index is 610. The van der Waals surface area contributed by atoms with Crippen molar-refractivity contribution in [1.29, 1.82) is 0 Å². The molecule has 1 fully saturated rings. The lowest BCUT2D eigenvalue weighted by atomic mass is 10.1. The first-order chi connectivity index (χ1) is 11.8. The van der Waals surface area contributed by atoms with Gasteiger partial charge in [0.25, 0.3) is 0 Å². The third-order valence-electron chi connectivity index (χ3n) is 4.06. The molecular formula is C18H23N3O3. The van der Waals surface area contributed by atoms with E-state index in [2.05, 4.69) is 15.5 Å². The van der Waals surface area contributed by atoms with Crippen molar-refractivity contribution in [2.45, 2.75) is 12.6 Å². The fraction of sp³-hybridized carbons (Fsp3) is 0.389. The fourth-order valence-corrected chi connectivity index (χ4v) is 2.75. The van der Waals surface area contributed by atoms with Crippen LogP contribution in [0.25, 0.3) is 0 Å². The van der Waals surface area contributed by atoms with Gasteiger partial charge in [-0.05, 0) is 17.7 Å². The van der Waals surface area contributed by atoms with Crippen molar-refractivity contribution in [3.05, 3.63) is 60.1 Å². The Hall–Kier alpha value is -2.31. The Labute approximate surface area is 141 Å². The average Bonchev–Trinajstić information content (AvgIpc) is 3.15. The van der Waals surface area contributed by atoms with Gasteiger partial charge in [0.2, 0.25) is 0 Å². The van der Waals surface area contributed by atoms with Gasteiger partial charge in [0.1, 0.15) is 5.76 Å². The molecule has 2 aromatic rings. The van der Waals surface area contributed by atoms with Crippen LogP contribution in [-0.4, -0.2) is 43.8 Å². The van der Waals surface area contributed by atoms with E-state index in [1.165, 1.54) is 0 Å². The highest BCUT2D eigenvalue weighted by Crippen LogP contribution is 2.15. The summed E-state index contributed by atoms with van der Waals surface area (Å²) < 4.78 is 10.6. The van der Waals surface area contributed by atoms with Crippen molar-refractivity contribution >= 4 is 6.03 Å². The van der Waals surface area contributed by atoms with Gasteiger partial charge in [0, 0.05) is 19.6 Å².